The molecule has 0 aromatic carbocycles. The van der Waals surface area contributed by atoms with Crippen LogP contribution in [0.4, 0.5) is 0 Å². The molecule has 1 aliphatic rings. The molecule has 0 bridgehead atoms. The first kappa shape index (κ1) is 9.58. The Kier molecular flexibility index (Phi) is 2.50. The van der Waals surface area contributed by atoms with Crippen molar-refractivity contribution in [3.63, 3.8) is 0 Å². The van der Waals surface area contributed by atoms with Gasteiger partial charge in [0.25, 0.3) is 0 Å². The summed E-state index contributed by atoms with van der Waals surface area (Å²) in [5.41, 5.74) is 5.69. The van der Waals surface area contributed by atoms with Crippen LogP contribution in [0.25, 0.3) is 0 Å². The molecule has 5 heteroatoms. The normalized spacial score (nSPS) is 21.0. The van der Waals surface area contributed by atoms with E-state index in [2.05, 4.69) is 22.4 Å². The summed E-state index contributed by atoms with van der Waals surface area (Å²) in [4.78, 5) is 0. The quantitative estimate of drug-likeness (QED) is 0.758. The van der Waals surface area contributed by atoms with E-state index in [1.165, 1.54) is 19.3 Å². The number of nitrogens with zero attached hydrogens (tertiary/aromatic N) is 4. The molecule has 78 valence electrons. The largest absolute Gasteiger partial charge is 0.324 e. The van der Waals surface area contributed by atoms with E-state index >= 15 is 0 Å². The Hall–Kier alpha value is -0.970. The van der Waals surface area contributed by atoms with Gasteiger partial charge < -0.3 is 5.73 Å². The summed E-state index contributed by atoms with van der Waals surface area (Å²) in [5.74, 6) is 0.800. The van der Waals surface area contributed by atoms with Gasteiger partial charge in [-0.2, -0.15) is 0 Å². The smallest absolute Gasteiger partial charge is 0.165 e. The van der Waals surface area contributed by atoms with E-state index < -0.39 is 0 Å². The molecule has 0 radical (unpaired) electrons. The highest BCUT2D eigenvalue weighted by Crippen LogP contribution is 2.33. The third-order valence-electron chi connectivity index (χ3n) is 3.16. The van der Waals surface area contributed by atoms with Gasteiger partial charge in [-0.15, -0.1) is 5.10 Å². The van der Waals surface area contributed by atoms with E-state index in [-0.39, 0.29) is 5.54 Å². The maximum Gasteiger partial charge on any atom is 0.165 e. The molecule has 1 aromatic heterocycles. The van der Waals surface area contributed by atoms with Crippen molar-refractivity contribution in [1.29, 1.82) is 0 Å². The summed E-state index contributed by atoms with van der Waals surface area (Å²) in [6.07, 6.45) is 6.17. The molecule has 2 N–H and O–H groups in total. The van der Waals surface area contributed by atoms with Crippen molar-refractivity contribution < 1.29 is 0 Å². The van der Waals surface area contributed by atoms with E-state index in [4.69, 9.17) is 5.73 Å². The predicted octanol–water partition coefficient (Wildman–Crippen LogP) is 0.811. The summed E-state index contributed by atoms with van der Waals surface area (Å²) >= 11 is 0. The average Bonchev–Trinajstić information content (AvgIpc) is 2.67. The van der Waals surface area contributed by atoms with Crippen LogP contribution < -0.4 is 5.73 Å². The Bertz CT molecular complexity index is 300. The third-order valence-corrected chi connectivity index (χ3v) is 3.16. The van der Waals surface area contributed by atoms with Crippen LogP contribution in [-0.4, -0.2) is 20.2 Å². The molecule has 1 fully saturated rings. The lowest BCUT2D eigenvalue weighted by atomic mass is 9.83. The minimum Gasteiger partial charge on any atom is -0.324 e. The number of rotatable bonds is 2. The van der Waals surface area contributed by atoms with Crippen LogP contribution in [0.3, 0.4) is 0 Å². The fraction of sp³-hybridized carbons (Fsp3) is 0.889. The van der Waals surface area contributed by atoms with Gasteiger partial charge in [0.15, 0.2) is 5.82 Å². The molecule has 0 aliphatic heterocycles. The van der Waals surface area contributed by atoms with Crippen molar-refractivity contribution in [1.82, 2.24) is 20.2 Å². The minimum atomic E-state index is 0.0937. The van der Waals surface area contributed by atoms with E-state index in [0.29, 0.717) is 6.54 Å². The number of tetrazole rings is 1. The van der Waals surface area contributed by atoms with Gasteiger partial charge in [-0.05, 0) is 30.2 Å². The fourth-order valence-corrected chi connectivity index (χ4v) is 2.28. The van der Waals surface area contributed by atoms with Crippen LogP contribution in [0, 0.1) is 0 Å². The molecular weight excluding hydrogens is 178 g/mol. The van der Waals surface area contributed by atoms with Gasteiger partial charge in [0, 0.05) is 0 Å². The fourth-order valence-electron chi connectivity index (χ4n) is 2.28. The molecule has 1 aliphatic carbocycles. The molecule has 14 heavy (non-hydrogen) atoms. The molecule has 0 unspecified atom stereocenters. The maximum absolute atomic E-state index is 5.60. The van der Waals surface area contributed by atoms with Gasteiger partial charge in [0.05, 0.1) is 12.1 Å². The zero-order valence-corrected chi connectivity index (χ0v) is 8.61. The Morgan fingerprint density at radius 2 is 2.07 bits per heavy atom. The number of aromatic nitrogens is 4. The molecule has 0 amide bonds. The predicted molar refractivity (Wildman–Crippen MR) is 52.4 cm³/mol. The lowest BCUT2D eigenvalue weighted by Crippen LogP contribution is -2.35. The number of hydrogen-bond donors (Lipinski definition) is 1. The lowest BCUT2D eigenvalue weighted by molar-refractivity contribution is 0.189. The minimum absolute atomic E-state index is 0.0937. The van der Waals surface area contributed by atoms with Gasteiger partial charge in [-0.3, -0.25) is 0 Å². The number of hydrogen-bond acceptors (Lipinski definition) is 4. The van der Waals surface area contributed by atoms with E-state index in [1.54, 1.807) is 0 Å². The molecule has 5 nitrogen and oxygen atoms in total. The van der Waals surface area contributed by atoms with Gasteiger partial charge in [-0.1, -0.05) is 19.3 Å². The van der Waals surface area contributed by atoms with Crippen molar-refractivity contribution in [3.05, 3.63) is 5.82 Å². The van der Waals surface area contributed by atoms with Crippen LogP contribution in [0.15, 0.2) is 0 Å². The first-order valence-corrected chi connectivity index (χ1v) is 5.24. The van der Waals surface area contributed by atoms with Crippen molar-refractivity contribution in [2.75, 3.05) is 0 Å². The monoisotopic (exact) mass is 195 g/mol. The summed E-state index contributed by atoms with van der Waals surface area (Å²) in [6.45, 7) is 2.64. The van der Waals surface area contributed by atoms with Gasteiger partial charge in [-0.25, -0.2) is 4.68 Å². The molecule has 2 rings (SSSR count). The molecule has 0 atom stereocenters. The summed E-state index contributed by atoms with van der Waals surface area (Å²) in [6, 6.07) is 0. The van der Waals surface area contributed by atoms with Crippen LogP contribution in [-0.2, 0) is 12.1 Å². The molecular formula is C9H17N5. The van der Waals surface area contributed by atoms with Gasteiger partial charge >= 0.3 is 0 Å². The standard InChI is InChI=1S/C9H17N5/c1-9(5-3-2-4-6-9)14-8(7-10)11-12-13-14/h2-7,10H2,1H3. The summed E-state index contributed by atoms with van der Waals surface area (Å²) in [5, 5.41) is 11.7. The highest BCUT2D eigenvalue weighted by Gasteiger charge is 2.31. The van der Waals surface area contributed by atoms with Crippen molar-refractivity contribution in [2.24, 2.45) is 5.73 Å². The van der Waals surface area contributed by atoms with E-state index in [1.807, 2.05) is 4.68 Å². The van der Waals surface area contributed by atoms with E-state index in [9.17, 15) is 0 Å². The molecule has 1 saturated carbocycles. The summed E-state index contributed by atoms with van der Waals surface area (Å²) < 4.78 is 1.92. The van der Waals surface area contributed by atoms with Crippen LogP contribution in [0.1, 0.15) is 44.9 Å². The Morgan fingerprint density at radius 3 is 2.71 bits per heavy atom. The SMILES string of the molecule is CC1(n2nnnc2CN)CCCCC1. The topological polar surface area (TPSA) is 69.6 Å². The first-order chi connectivity index (χ1) is 6.76. The van der Waals surface area contributed by atoms with Crippen molar-refractivity contribution in [3.8, 4) is 0 Å². The Balaban J connectivity index is 2.27. The highest BCUT2D eigenvalue weighted by atomic mass is 15.6. The Labute approximate surface area is 83.7 Å². The molecule has 0 spiro atoms. The zero-order chi connectivity index (χ0) is 10.0. The second-order valence-electron chi connectivity index (χ2n) is 4.27. The van der Waals surface area contributed by atoms with Gasteiger partial charge in [0.2, 0.25) is 0 Å². The van der Waals surface area contributed by atoms with Gasteiger partial charge in [0.1, 0.15) is 0 Å². The van der Waals surface area contributed by atoms with E-state index in [0.717, 1.165) is 18.7 Å². The first-order valence-electron chi connectivity index (χ1n) is 5.24. The maximum atomic E-state index is 5.60. The molecule has 1 aromatic rings. The Morgan fingerprint density at radius 1 is 1.36 bits per heavy atom. The highest BCUT2D eigenvalue weighted by molar-refractivity contribution is 4.91. The van der Waals surface area contributed by atoms with Crippen LogP contribution in [0.2, 0.25) is 0 Å². The summed E-state index contributed by atoms with van der Waals surface area (Å²) in [7, 11) is 0. The second-order valence-corrected chi connectivity index (χ2v) is 4.27. The van der Waals surface area contributed by atoms with Crippen LogP contribution in [0.5, 0.6) is 0 Å². The second kappa shape index (κ2) is 3.65. The third kappa shape index (κ3) is 1.52. The van der Waals surface area contributed by atoms with Crippen LogP contribution >= 0.6 is 0 Å². The molecule has 0 saturated heterocycles. The molecule has 1 heterocycles. The van der Waals surface area contributed by atoms with Crippen molar-refractivity contribution >= 4 is 0 Å². The lowest BCUT2D eigenvalue weighted by Gasteiger charge is -2.33. The van der Waals surface area contributed by atoms with Crippen molar-refractivity contribution in [2.45, 2.75) is 51.1 Å². The zero-order valence-electron chi connectivity index (χ0n) is 8.61. The number of nitrogens with two attached hydrogens (primary N) is 1. The average molecular weight is 195 g/mol.